The fraction of sp³-hybridized carbons (Fsp3) is 0.615. The van der Waals surface area contributed by atoms with Crippen molar-refractivity contribution in [3.8, 4) is 0 Å². The number of carboxylic acids is 1. The second-order valence-corrected chi connectivity index (χ2v) is 4.52. The second-order valence-electron chi connectivity index (χ2n) is 4.52. The van der Waals surface area contributed by atoms with Crippen molar-refractivity contribution < 1.29 is 19.4 Å². The van der Waals surface area contributed by atoms with Gasteiger partial charge >= 0.3 is 5.97 Å². The number of aliphatic hydroxyl groups is 1. The first-order valence-corrected chi connectivity index (χ1v) is 6.17. The molecule has 0 radical (unpaired) electrons. The SMILES string of the molecule is CCC(O)(CC)CNCc1cc(C(=O)O)c(C)o1. The molecule has 18 heavy (non-hydrogen) atoms. The maximum atomic E-state index is 10.8. The van der Waals surface area contributed by atoms with Crippen molar-refractivity contribution in [2.45, 2.75) is 45.8 Å². The van der Waals surface area contributed by atoms with Crippen molar-refractivity contribution in [1.82, 2.24) is 5.32 Å². The number of nitrogens with one attached hydrogen (secondary N) is 1. The van der Waals surface area contributed by atoms with Crippen LogP contribution in [0.1, 0.15) is 48.6 Å². The minimum absolute atomic E-state index is 0.188. The van der Waals surface area contributed by atoms with Gasteiger partial charge in [-0.3, -0.25) is 0 Å². The molecule has 0 saturated carbocycles. The summed E-state index contributed by atoms with van der Waals surface area (Å²) in [5.74, 6) is -0.0128. The maximum Gasteiger partial charge on any atom is 0.339 e. The van der Waals surface area contributed by atoms with E-state index in [9.17, 15) is 9.90 Å². The Morgan fingerprint density at radius 2 is 2.06 bits per heavy atom. The van der Waals surface area contributed by atoms with Crippen LogP contribution in [0.25, 0.3) is 0 Å². The fourth-order valence-corrected chi connectivity index (χ4v) is 1.76. The van der Waals surface area contributed by atoms with Crippen molar-refractivity contribution in [3.05, 3.63) is 23.2 Å². The molecule has 0 fully saturated rings. The van der Waals surface area contributed by atoms with E-state index in [1.807, 2.05) is 13.8 Å². The van der Waals surface area contributed by atoms with Crippen LogP contribution in [-0.4, -0.2) is 28.3 Å². The van der Waals surface area contributed by atoms with Crippen LogP contribution in [0.4, 0.5) is 0 Å². The first kappa shape index (κ1) is 14.7. The molecule has 5 nitrogen and oxygen atoms in total. The van der Waals surface area contributed by atoms with E-state index in [-0.39, 0.29) is 5.56 Å². The van der Waals surface area contributed by atoms with Crippen LogP contribution in [0, 0.1) is 6.92 Å². The van der Waals surface area contributed by atoms with Gasteiger partial charge in [0.05, 0.1) is 12.1 Å². The molecular weight excluding hydrogens is 234 g/mol. The third-order valence-electron chi connectivity index (χ3n) is 3.27. The predicted molar refractivity (Wildman–Crippen MR) is 67.6 cm³/mol. The molecule has 0 saturated heterocycles. The number of furan rings is 1. The van der Waals surface area contributed by atoms with Gasteiger partial charge in [0, 0.05) is 6.54 Å². The minimum Gasteiger partial charge on any atom is -0.478 e. The molecule has 0 atom stereocenters. The summed E-state index contributed by atoms with van der Waals surface area (Å²) in [6.45, 7) is 6.37. The summed E-state index contributed by atoms with van der Waals surface area (Å²) in [5.41, 5.74) is -0.523. The first-order chi connectivity index (χ1) is 8.41. The van der Waals surface area contributed by atoms with Gasteiger partial charge in [-0.15, -0.1) is 0 Å². The lowest BCUT2D eigenvalue weighted by molar-refractivity contribution is 0.0319. The van der Waals surface area contributed by atoms with E-state index in [1.54, 1.807) is 6.92 Å². The van der Waals surface area contributed by atoms with Gasteiger partial charge in [-0.2, -0.15) is 0 Å². The van der Waals surface area contributed by atoms with Gasteiger partial charge in [0.15, 0.2) is 0 Å². The highest BCUT2D eigenvalue weighted by molar-refractivity contribution is 5.88. The second kappa shape index (κ2) is 6.02. The Kier molecular flexibility index (Phi) is 4.93. The molecule has 5 heteroatoms. The van der Waals surface area contributed by atoms with E-state index in [2.05, 4.69) is 5.32 Å². The number of hydrogen-bond acceptors (Lipinski definition) is 4. The standard InChI is InChI=1S/C13H21NO4/c1-4-13(17,5-2)8-14-7-10-6-11(12(15)16)9(3)18-10/h6,14,17H,4-5,7-8H2,1-3H3,(H,15,16). The number of hydrogen-bond donors (Lipinski definition) is 3. The van der Waals surface area contributed by atoms with Crippen LogP contribution >= 0.6 is 0 Å². The summed E-state index contributed by atoms with van der Waals surface area (Å²) in [6.07, 6.45) is 1.35. The lowest BCUT2D eigenvalue weighted by Crippen LogP contribution is -2.39. The number of carboxylic acid groups (broad SMARTS) is 1. The number of carbonyl (C=O) groups is 1. The third-order valence-corrected chi connectivity index (χ3v) is 3.27. The van der Waals surface area contributed by atoms with E-state index in [0.29, 0.717) is 37.5 Å². The van der Waals surface area contributed by atoms with Gasteiger partial charge in [-0.05, 0) is 25.8 Å². The van der Waals surface area contributed by atoms with Gasteiger partial charge < -0.3 is 19.9 Å². The van der Waals surface area contributed by atoms with Crippen LogP contribution in [0.15, 0.2) is 10.5 Å². The Bertz CT molecular complexity index is 407. The molecule has 1 aromatic heterocycles. The van der Waals surface area contributed by atoms with Crippen LogP contribution in [0.5, 0.6) is 0 Å². The average Bonchev–Trinajstić information content (AvgIpc) is 2.70. The summed E-state index contributed by atoms with van der Waals surface area (Å²) in [7, 11) is 0. The molecule has 0 aliphatic rings. The van der Waals surface area contributed by atoms with Crippen molar-refractivity contribution in [2.24, 2.45) is 0 Å². The molecule has 0 aromatic carbocycles. The number of aromatic carboxylic acids is 1. The molecule has 1 rings (SSSR count). The summed E-state index contributed by atoms with van der Waals surface area (Å²) >= 11 is 0. The number of rotatable bonds is 7. The largest absolute Gasteiger partial charge is 0.478 e. The Labute approximate surface area is 107 Å². The Morgan fingerprint density at radius 3 is 2.50 bits per heavy atom. The molecule has 0 aliphatic heterocycles. The molecule has 0 aliphatic carbocycles. The molecule has 1 aromatic rings. The molecular formula is C13H21NO4. The summed E-state index contributed by atoms with van der Waals surface area (Å²) < 4.78 is 5.33. The summed E-state index contributed by atoms with van der Waals surface area (Å²) in [4.78, 5) is 10.8. The smallest absolute Gasteiger partial charge is 0.339 e. The third kappa shape index (κ3) is 3.58. The van der Waals surface area contributed by atoms with E-state index in [0.717, 1.165) is 0 Å². The lowest BCUT2D eigenvalue weighted by Gasteiger charge is -2.25. The number of aryl methyl sites for hydroxylation is 1. The van der Waals surface area contributed by atoms with E-state index < -0.39 is 11.6 Å². The van der Waals surface area contributed by atoms with Crippen LogP contribution in [0.2, 0.25) is 0 Å². The van der Waals surface area contributed by atoms with Gasteiger partial charge in [-0.1, -0.05) is 13.8 Å². The zero-order chi connectivity index (χ0) is 13.8. The monoisotopic (exact) mass is 255 g/mol. The van der Waals surface area contributed by atoms with Gasteiger partial charge in [-0.25, -0.2) is 4.79 Å². The highest BCUT2D eigenvalue weighted by Gasteiger charge is 2.21. The molecule has 102 valence electrons. The van der Waals surface area contributed by atoms with Crippen LogP contribution in [0.3, 0.4) is 0 Å². The molecule has 0 amide bonds. The highest BCUT2D eigenvalue weighted by atomic mass is 16.4. The Morgan fingerprint density at radius 1 is 1.44 bits per heavy atom. The van der Waals surface area contributed by atoms with Gasteiger partial charge in [0.1, 0.15) is 17.1 Å². The zero-order valence-corrected chi connectivity index (χ0v) is 11.1. The summed E-state index contributed by atoms with van der Waals surface area (Å²) in [6, 6.07) is 1.52. The molecule has 0 unspecified atom stereocenters. The molecule has 1 heterocycles. The summed E-state index contributed by atoms with van der Waals surface area (Å²) in [5, 5.41) is 22.0. The Balaban J connectivity index is 2.54. The lowest BCUT2D eigenvalue weighted by atomic mass is 9.98. The van der Waals surface area contributed by atoms with E-state index in [1.165, 1.54) is 6.07 Å². The maximum absolute atomic E-state index is 10.8. The first-order valence-electron chi connectivity index (χ1n) is 6.17. The van der Waals surface area contributed by atoms with Gasteiger partial charge in [0.2, 0.25) is 0 Å². The molecule has 3 N–H and O–H groups in total. The van der Waals surface area contributed by atoms with Crippen LogP contribution in [-0.2, 0) is 6.54 Å². The minimum atomic E-state index is -0.985. The Hall–Kier alpha value is -1.33. The average molecular weight is 255 g/mol. The zero-order valence-electron chi connectivity index (χ0n) is 11.1. The van der Waals surface area contributed by atoms with Crippen molar-refractivity contribution in [3.63, 3.8) is 0 Å². The normalized spacial score (nSPS) is 11.8. The van der Waals surface area contributed by atoms with Crippen molar-refractivity contribution in [1.29, 1.82) is 0 Å². The van der Waals surface area contributed by atoms with Crippen molar-refractivity contribution >= 4 is 5.97 Å². The topological polar surface area (TPSA) is 82.7 Å². The predicted octanol–water partition coefficient (Wildman–Crippen LogP) is 1.93. The van der Waals surface area contributed by atoms with Crippen molar-refractivity contribution in [2.75, 3.05) is 6.54 Å². The van der Waals surface area contributed by atoms with E-state index in [4.69, 9.17) is 9.52 Å². The van der Waals surface area contributed by atoms with Gasteiger partial charge in [0.25, 0.3) is 0 Å². The fourth-order valence-electron chi connectivity index (χ4n) is 1.76. The molecule has 0 bridgehead atoms. The highest BCUT2D eigenvalue weighted by Crippen LogP contribution is 2.16. The quantitative estimate of drug-likeness (QED) is 0.693. The van der Waals surface area contributed by atoms with Crippen LogP contribution < -0.4 is 5.32 Å². The van der Waals surface area contributed by atoms with E-state index >= 15 is 0 Å². The molecule has 0 spiro atoms.